The molecule has 2 N–H and O–H groups in total. The summed E-state index contributed by atoms with van der Waals surface area (Å²) in [5.74, 6) is -0.295. The molecule has 0 radical (unpaired) electrons. The van der Waals surface area contributed by atoms with Crippen molar-refractivity contribution < 1.29 is 17.9 Å². The summed E-state index contributed by atoms with van der Waals surface area (Å²) < 4.78 is 32.6. The van der Waals surface area contributed by atoms with Crippen LogP contribution in [-0.4, -0.2) is 34.6 Å². The summed E-state index contributed by atoms with van der Waals surface area (Å²) in [7, 11) is -2.28. The number of carbonyl (C=O) groups is 1. The van der Waals surface area contributed by atoms with Gasteiger partial charge >= 0.3 is 0 Å². The lowest BCUT2D eigenvalue weighted by molar-refractivity contribution is 0.0937. The van der Waals surface area contributed by atoms with Crippen LogP contribution in [0.3, 0.4) is 0 Å². The highest BCUT2D eigenvalue weighted by Gasteiger charge is 2.18. The van der Waals surface area contributed by atoms with E-state index in [1.807, 2.05) is 13.0 Å². The summed E-state index contributed by atoms with van der Waals surface area (Å²) in [5, 5.41) is 3.01. The van der Waals surface area contributed by atoms with Crippen LogP contribution in [0.4, 0.5) is 5.69 Å². The second-order valence-corrected chi connectivity index (χ2v) is 7.91. The molecule has 2 aromatic carbocycles. The number of hydrogen-bond acceptors (Lipinski definition) is 4. The van der Waals surface area contributed by atoms with Gasteiger partial charge in [0.25, 0.3) is 15.9 Å². The van der Waals surface area contributed by atoms with Gasteiger partial charge in [0.2, 0.25) is 0 Å². The largest absolute Gasteiger partial charge is 0.383 e. The SMILES string of the molecule is COCCNC(=O)c1ccc(S(=O)(=O)Nc2c(C)cc(C)cc2Cl)cc1. The third kappa shape index (κ3) is 4.97. The number of sulfonamides is 1. The van der Waals surface area contributed by atoms with Crippen LogP contribution < -0.4 is 10.0 Å². The Morgan fingerprint density at radius 2 is 1.81 bits per heavy atom. The van der Waals surface area contributed by atoms with Crippen molar-refractivity contribution in [3.63, 3.8) is 0 Å². The highest BCUT2D eigenvalue weighted by molar-refractivity contribution is 7.92. The van der Waals surface area contributed by atoms with Crippen molar-refractivity contribution >= 4 is 33.2 Å². The Bertz CT molecular complexity index is 873. The molecule has 0 heterocycles. The highest BCUT2D eigenvalue weighted by atomic mass is 35.5. The van der Waals surface area contributed by atoms with Crippen molar-refractivity contribution in [2.45, 2.75) is 18.7 Å². The van der Waals surface area contributed by atoms with Gasteiger partial charge in [-0.3, -0.25) is 9.52 Å². The third-order valence-corrected chi connectivity index (χ3v) is 5.35. The van der Waals surface area contributed by atoms with E-state index in [9.17, 15) is 13.2 Å². The van der Waals surface area contributed by atoms with Crippen molar-refractivity contribution in [2.24, 2.45) is 0 Å². The van der Waals surface area contributed by atoms with Gasteiger partial charge < -0.3 is 10.1 Å². The smallest absolute Gasteiger partial charge is 0.261 e. The molecule has 0 atom stereocenters. The van der Waals surface area contributed by atoms with Crippen LogP contribution in [0.25, 0.3) is 0 Å². The van der Waals surface area contributed by atoms with Crippen molar-refractivity contribution in [1.82, 2.24) is 5.32 Å². The summed E-state index contributed by atoms with van der Waals surface area (Å²) in [6, 6.07) is 9.22. The fourth-order valence-corrected chi connectivity index (χ4v) is 3.97. The maximum atomic E-state index is 12.6. The average Bonchev–Trinajstić information content (AvgIpc) is 2.58. The lowest BCUT2D eigenvalue weighted by atomic mass is 10.1. The number of nitrogens with one attached hydrogen (secondary N) is 2. The first-order valence-electron chi connectivity index (χ1n) is 7.91. The van der Waals surface area contributed by atoms with Gasteiger partial charge in [0.15, 0.2) is 0 Å². The first kappa shape index (κ1) is 20.2. The van der Waals surface area contributed by atoms with Crippen molar-refractivity contribution in [3.8, 4) is 0 Å². The predicted molar refractivity (Wildman–Crippen MR) is 102 cm³/mol. The topological polar surface area (TPSA) is 84.5 Å². The van der Waals surface area contributed by atoms with E-state index >= 15 is 0 Å². The highest BCUT2D eigenvalue weighted by Crippen LogP contribution is 2.29. The number of anilines is 1. The molecule has 2 rings (SSSR count). The lowest BCUT2D eigenvalue weighted by Crippen LogP contribution is -2.26. The van der Waals surface area contributed by atoms with Crippen LogP contribution in [0, 0.1) is 13.8 Å². The summed E-state index contributed by atoms with van der Waals surface area (Å²) in [5.41, 5.74) is 2.38. The molecule has 2 aromatic rings. The molecule has 26 heavy (non-hydrogen) atoms. The van der Waals surface area contributed by atoms with E-state index < -0.39 is 10.0 Å². The zero-order valence-electron chi connectivity index (χ0n) is 14.8. The minimum absolute atomic E-state index is 0.0435. The monoisotopic (exact) mass is 396 g/mol. The van der Waals surface area contributed by atoms with Gasteiger partial charge in [-0.2, -0.15) is 0 Å². The van der Waals surface area contributed by atoms with E-state index in [1.165, 1.54) is 24.3 Å². The van der Waals surface area contributed by atoms with E-state index in [4.69, 9.17) is 16.3 Å². The van der Waals surface area contributed by atoms with Gasteiger partial charge in [-0.05, 0) is 55.3 Å². The van der Waals surface area contributed by atoms with Gasteiger partial charge in [-0.15, -0.1) is 0 Å². The van der Waals surface area contributed by atoms with Crippen molar-refractivity contribution in [1.29, 1.82) is 0 Å². The molecular weight excluding hydrogens is 376 g/mol. The normalized spacial score (nSPS) is 11.2. The molecule has 8 heteroatoms. The van der Waals surface area contributed by atoms with E-state index in [2.05, 4.69) is 10.0 Å². The number of aryl methyl sites for hydroxylation is 2. The molecule has 0 fully saturated rings. The van der Waals surface area contributed by atoms with Crippen LogP contribution >= 0.6 is 11.6 Å². The molecule has 0 bridgehead atoms. The third-order valence-electron chi connectivity index (χ3n) is 3.69. The van der Waals surface area contributed by atoms with Gasteiger partial charge in [0.05, 0.1) is 22.2 Å². The Hall–Kier alpha value is -2.09. The Morgan fingerprint density at radius 1 is 1.15 bits per heavy atom. The zero-order valence-corrected chi connectivity index (χ0v) is 16.4. The molecule has 140 valence electrons. The maximum absolute atomic E-state index is 12.6. The molecule has 0 aliphatic rings. The second kappa shape index (κ2) is 8.53. The molecule has 0 spiro atoms. The Morgan fingerprint density at radius 3 is 2.38 bits per heavy atom. The first-order chi connectivity index (χ1) is 12.2. The molecule has 0 saturated carbocycles. The van der Waals surface area contributed by atoms with Crippen LogP contribution in [0.1, 0.15) is 21.5 Å². The Labute approximate surface area is 158 Å². The van der Waals surface area contributed by atoms with Crippen LogP contribution in [0.5, 0.6) is 0 Å². The summed E-state index contributed by atoms with van der Waals surface area (Å²) in [6.07, 6.45) is 0. The molecule has 0 saturated heterocycles. The molecule has 0 aliphatic heterocycles. The predicted octanol–water partition coefficient (Wildman–Crippen LogP) is 3.13. The van der Waals surface area contributed by atoms with Gasteiger partial charge in [-0.1, -0.05) is 17.7 Å². The summed E-state index contributed by atoms with van der Waals surface area (Å²) >= 11 is 6.17. The van der Waals surface area contributed by atoms with Gasteiger partial charge in [-0.25, -0.2) is 8.42 Å². The minimum atomic E-state index is -3.82. The van der Waals surface area contributed by atoms with Crippen LogP contribution in [-0.2, 0) is 14.8 Å². The molecule has 0 aromatic heterocycles. The molecule has 6 nitrogen and oxygen atoms in total. The number of ether oxygens (including phenoxy) is 1. The zero-order chi connectivity index (χ0) is 19.3. The number of rotatable bonds is 7. The van der Waals surface area contributed by atoms with E-state index in [0.717, 1.165) is 11.1 Å². The molecule has 0 unspecified atom stereocenters. The van der Waals surface area contributed by atoms with E-state index in [-0.39, 0.29) is 10.8 Å². The quantitative estimate of drug-likeness (QED) is 0.704. The minimum Gasteiger partial charge on any atom is -0.383 e. The molecule has 0 aliphatic carbocycles. The van der Waals surface area contributed by atoms with Crippen LogP contribution in [0.2, 0.25) is 5.02 Å². The van der Waals surface area contributed by atoms with Gasteiger partial charge in [0, 0.05) is 19.2 Å². The summed E-state index contributed by atoms with van der Waals surface area (Å²) in [4.78, 5) is 12.0. The maximum Gasteiger partial charge on any atom is 0.261 e. The molecule has 1 amide bonds. The number of methoxy groups -OCH3 is 1. The summed E-state index contributed by atoms with van der Waals surface area (Å²) in [6.45, 7) is 4.44. The average molecular weight is 397 g/mol. The molecular formula is C18H21ClN2O4S. The number of hydrogen-bond donors (Lipinski definition) is 2. The number of carbonyl (C=O) groups excluding carboxylic acids is 1. The number of benzene rings is 2. The van der Waals surface area contributed by atoms with Gasteiger partial charge in [0.1, 0.15) is 0 Å². The standard InChI is InChI=1S/C18H21ClN2O4S/c1-12-10-13(2)17(16(19)11-12)21-26(23,24)15-6-4-14(5-7-15)18(22)20-8-9-25-3/h4-7,10-11,21H,8-9H2,1-3H3,(H,20,22). The first-order valence-corrected chi connectivity index (χ1v) is 9.77. The van der Waals surface area contributed by atoms with E-state index in [0.29, 0.717) is 29.4 Å². The fraction of sp³-hybridized carbons (Fsp3) is 0.278. The van der Waals surface area contributed by atoms with Crippen LogP contribution in [0.15, 0.2) is 41.3 Å². The number of amides is 1. The Kier molecular flexibility index (Phi) is 6.63. The van der Waals surface area contributed by atoms with E-state index in [1.54, 1.807) is 20.1 Å². The number of halogens is 1. The fourth-order valence-electron chi connectivity index (χ4n) is 2.39. The van der Waals surface area contributed by atoms with Crippen molar-refractivity contribution in [2.75, 3.05) is 25.0 Å². The Balaban J connectivity index is 2.18. The van der Waals surface area contributed by atoms with Crippen molar-refractivity contribution in [3.05, 3.63) is 58.1 Å². The second-order valence-electron chi connectivity index (χ2n) is 5.82. The lowest BCUT2D eigenvalue weighted by Gasteiger charge is -2.13.